The Balaban J connectivity index is 1.80. The fraction of sp³-hybridized carbons (Fsp3) is 0.727. The molecule has 0 aromatic carbocycles. The highest BCUT2D eigenvalue weighted by molar-refractivity contribution is 4.92. The molecule has 0 atom stereocenters. The van der Waals surface area contributed by atoms with Crippen molar-refractivity contribution in [2.45, 2.75) is 13.0 Å². The van der Waals surface area contributed by atoms with Gasteiger partial charge in [-0.3, -0.25) is 9.80 Å². The Bertz CT molecular complexity index is 289. The van der Waals surface area contributed by atoms with Crippen molar-refractivity contribution in [2.24, 2.45) is 0 Å². The molecule has 0 amide bonds. The molecule has 1 fully saturated rings. The van der Waals surface area contributed by atoms with Gasteiger partial charge in [0.2, 0.25) is 0 Å². The van der Waals surface area contributed by atoms with Crippen LogP contribution in [0.1, 0.15) is 12.2 Å². The highest BCUT2D eigenvalue weighted by Gasteiger charge is 2.15. The summed E-state index contributed by atoms with van der Waals surface area (Å²) in [6.45, 7) is 6.09. The average Bonchev–Trinajstić information content (AvgIpc) is 2.68. The summed E-state index contributed by atoms with van der Waals surface area (Å²) in [6.07, 6.45) is 2.83. The summed E-state index contributed by atoms with van der Waals surface area (Å²) >= 11 is 0. The van der Waals surface area contributed by atoms with Crippen molar-refractivity contribution in [3.05, 3.63) is 18.0 Å². The van der Waals surface area contributed by atoms with Crippen molar-refractivity contribution in [1.29, 1.82) is 0 Å². The summed E-state index contributed by atoms with van der Waals surface area (Å²) in [5.74, 6) is 0.926. The van der Waals surface area contributed by atoms with Crippen LogP contribution in [-0.2, 0) is 6.54 Å². The van der Waals surface area contributed by atoms with Crippen LogP contribution in [0.3, 0.4) is 0 Å². The van der Waals surface area contributed by atoms with Crippen molar-refractivity contribution < 1.29 is 9.63 Å². The zero-order valence-electron chi connectivity index (χ0n) is 9.51. The fourth-order valence-electron chi connectivity index (χ4n) is 2.09. The van der Waals surface area contributed by atoms with Crippen LogP contribution >= 0.6 is 0 Å². The second kappa shape index (κ2) is 5.98. The molecule has 0 spiro atoms. The molecule has 2 heterocycles. The van der Waals surface area contributed by atoms with Gasteiger partial charge in [-0.05, 0) is 19.5 Å². The first-order valence-electron chi connectivity index (χ1n) is 5.83. The molecular weight excluding hydrogens is 206 g/mol. The Hall–Kier alpha value is -0.910. The molecule has 1 aromatic heterocycles. The molecule has 1 saturated heterocycles. The Labute approximate surface area is 95.6 Å². The van der Waals surface area contributed by atoms with E-state index in [4.69, 9.17) is 9.63 Å². The van der Waals surface area contributed by atoms with Gasteiger partial charge >= 0.3 is 0 Å². The summed E-state index contributed by atoms with van der Waals surface area (Å²) in [4.78, 5) is 4.68. The van der Waals surface area contributed by atoms with E-state index in [-0.39, 0.29) is 6.61 Å². The minimum Gasteiger partial charge on any atom is -0.395 e. The molecule has 0 unspecified atom stereocenters. The van der Waals surface area contributed by atoms with Crippen LogP contribution in [0.4, 0.5) is 0 Å². The Kier molecular flexibility index (Phi) is 4.33. The number of rotatable bonds is 4. The Morgan fingerprint density at radius 3 is 2.81 bits per heavy atom. The van der Waals surface area contributed by atoms with Crippen LogP contribution in [0.25, 0.3) is 0 Å². The van der Waals surface area contributed by atoms with Crippen LogP contribution in [0.5, 0.6) is 0 Å². The number of nitrogens with zero attached hydrogens (tertiary/aromatic N) is 3. The standard InChI is InChI=1S/C11H19N3O2/c15-9-8-13-4-1-5-14(7-6-13)10-11-2-3-12-16-11/h2-3,15H,1,4-10H2. The first-order valence-corrected chi connectivity index (χ1v) is 5.83. The van der Waals surface area contributed by atoms with E-state index in [1.807, 2.05) is 6.07 Å². The molecule has 16 heavy (non-hydrogen) atoms. The van der Waals surface area contributed by atoms with Gasteiger partial charge in [0.1, 0.15) is 0 Å². The first kappa shape index (κ1) is 11.6. The van der Waals surface area contributed by atoms with E-state index in [0.29, 0.717) is 0 Å². The lowest BCUT2D eigenvalue weighted by Crippen LogP contribution is -2.32. The molecule has 1 aliphatic rings. The fourth-order valence-corrected chi connectivity index (χ4v) is 2.09. The predicted molar refractivity (Wildman–Crippen MR) is 59.9 cm³/mol. The van der Waals surface area contributed by atoms with Crippen molar-refractivity contribution in [3.8, 4) is 0 Å². The van der Waals surface area contributed by atoms with Crippen LogP contribution < -0.4 is 0 Å². The molecular formula is C11H19N3O2. The number of hydrogen-bond acceptors (Lipinski definition) is 5. The van der Waals surface area contributed by atoms with Gasteiger partial charge in [-0.2, -0.15) is 0 Å². The topological polar surface area (TPSA) is 52.7 Å². The maximum atomic E-state index is 8.91. The molecule has 5 nitrogen and oxygen atoms in total. The Morgan fingerprint density at radius 2 is 2.06 bits per heavy atom. The summed E-state index contributed by atoms with van der Waals surface area (Å²) in [7, 11) is 0. The van der Waals surface area contributed by atoms with Gasteiger partial charge in [0.05, 0.1) is 19.3 Å². The lowest BCUT2D eigenvalue weighted by molar-refractivity contribution is 0.192. The van der Waals surface area contributed by atoms with E-state index in [1.54, 1.807) is 6.20 Å². The van der Waals surface area contributed by atoms with Gasteiger partial charge in [-0.1, -0.05) is 5.16 Å². The molecule has 2 rings (SSSR count). The highest BCUT2D eigenvalue weighted by Crippen LogP contribution is 2.08. The van der Waals surface area contributed by atoms with Gasteiger partial charge in [-0.25, -0.2) is 0 Å². The third kappa shape index (κ3) is 3.30. The average molecular weight is 225 g/mol. The zero-order chi connectivity index (χ0) is 11.2. The molecule has 5 heteroatoms. The minimum absolute atomic E-state index is 0.252. The second-order valence-electron chi connectivity index (χ2n) is 4.17. The van der Waals surface area contributed by atoms with Crippen LogP contribution in [0, 0.1) is 0 Å². The lowest BCUT2D eigenvalue weighted by Gasteiger charge is -2.19. The van der Waals surface area contributed by atoms with Crippen molar-refractivity contribution in [1.82, 2.24) is 15.0 Å². The largest absolute Gasteiger partial charge is 0.395 e. The summed E-state index contributed by atoms with van der Waals surface area (Å²) in [5.41, 5.74) is 0. The molecule has 0 radical (unpaired) electrons. The molecule has 1 aromatic rings. The summed E-state index contributed by atoms with van der Waals surface area (Å²) < 4.78 is 5.11. The third-order valence-corrected chi connectivity index (χ3v) is 2.97. The normalized spacial score (nSPS) is 19.8. The quantitative estimate of drug-likeness (QED) is 0.792. The van der Waals surface area contributed by atoms with E-state index in [1.165, 1.54) is 0 Å². The second-order valence-corrected chi connectivity index (χ2v) is 4.17. The van der Waals surface area contributed by atoms with E-state index in [0.717, 1.165) is 51.4 Å². The number of aromatic nitrogens is 1. The lowest BCUT2D eigenvalue weighted by atomic mass is 10.3. The number of hydrogen-bond donors (Lipinski definition) is 1. The molecule has 0 aliphatic carbocycles. The number of aliphatic hydroxyl groups is 1. The van der Waals surface area contributed by atoms with Gasteiger partial charge < -0.3 is 9.63 Å². The molecule has 0 saturated carbocycles. The molecule has 1 aliphatic heterocycles. The maximum Gasteiger partial charge on any atom is 0.150 e. The van der Waals surface area contributed by atoms with E-state index < -0.39 is 0 Å². The highest BCUT2D eigenvalue weighted by atomic mass is 16.5. The summed E-state index contributed by atoms with van der Waals surface area (Å²) in [6, 6.07) is 1.91. The zero-order valence-corrected chi connectivity index (χ0v) is 9.51. The first-order chi connectivity index (χ1) is 7.88. The van der Waals surface area contributed by atoms with Gasteiger partial charge in [0.15, 0.2) is 5.76 Å². The SMILES string of the molecule is OCCN1CCCN(Cc2ccno2)CC1. The van der Waals surface area contributed by atoms with E-state index in [9.17, 15) is 0 Å². The van der Waals surface area contributed by atoms with Crippen molar-refractivity contribution >= 4 is 0 Å². The van der Waals surface area contributed by atoms with E-state index in [2.05, 4.69) is 15.0 Å². The third-order valence-electron chi connectivity index (χ3n) is 2.97. The number of aliphatic hydroxyl groups excluding tert-OH is 1. The van der Waals surface area contributed by atoms with Gasteiger partial charge in [0, 0.05) is 25.7 Å². The monoisotopic (exact) mass is 225 g/mol. The van der Waals surface area contributed by atoms with Gasteiger partial charge in [0.25, 0.3) is 0 Å². The van der Waals surface area contributed by atoms with Crippen molar-refractivity contribution in [2.75, 3.05) is 39.3 Å². The number of β-amino-alcohol motifs (C(OH)–C–C–N with tert-alkyl or cyclic N) is 1. The molecule has 90 valence electrons. The Morgan fingerprint density at radius 1 is 1.25 bits per heavy atom. The van der Waals surface area contributed by atoms with E-state index >= 15 is 0 Å². The van der Waals surface area contributed by atoms with Crippen LogP contribution in [0.2, 0.25) is 0 Å². The summed E-state index contributed by atoms with van der Waals surface area (Å²) in [5, 5.41) is 12.6. The smallest absolute Gasteiger partial charge is 0.150 e. The van der Waals surface area contributed by atoms with Crippen LogP contribution in [-0.4, -0.2) is 59.4 Å². The molecule has 1 N–H and O–H groups in total. The molecule has 0 bridgehead atoms. The minimum atomic E-state index is 0.252. The predicted octanol–water partition coefficient (Wildman–Crippen LogP) is 0.175. The van der Waals surface area contributed by atoms with Crippen LogP contribution in [0.15, 0.2) is 16.8 Å². The van der Waals surface area contributed by atoms with Gasteiger partial charge in [-0.15, -0.1) is 0 Å². The van der Waals surface area contributed by atoms with Crippen molar-refractivity contribution in [3.63, 3.8) is 0 Å². The maximum absolute atomic E-state index is 8.91.